The molecule has 0 bridgehead atoms. The van der Waals surface area contributed by atoms with Crippen molar-refractivity contribution in [3.8, 4) is 5.75 Å². The first kappa shape index (κ1) is 14.6. The zero-order valence-corrected chi connectivity index (χ0v) is 12.9. The summed E-state index contributed by atoms with van der Waals surface area (Å²) in [6.07, 6.45) is 1.96. The standard InChI is InChI=1S/C19H21NO2/c1-2-3-13-20-14-18(15-9-5-4-6-10-15)22-17-12-8-7-11-16(17)19(20)21/h4-12,18H,2-3,13-14H2,1H3. The van der Waals surface area contributed by atoms with E-state index in [-0.39, 0.29) is 12.0 Å². The first-order chi connectivity index (χ1) is 10.8. The van der Waals surface area contributed by atoms with Gasteiger partial charge >= 0.3 is 0 Å². The van der Waals surface area contributed by atoms with Crippen molar-refractivity contribution in [2.24, 2.45) is 0 Å². The fraction of sp³-hybridized carbons (Fsp3) is 0.316. The van der Waals surface area contributed by atoms with Crippen LogP contribution < -0.4 is 4.74 Å². The molecular weight excluding hydrogens is 274 g/mol. The molecule has 2 aromatic rings. The smallest absolute Gasteiger partial charge is 0.257 e. The molecule has 3 nitrogen and oxygen atoms in total. The highest BCUT2D eigenvalue weighted by molar-refractivity contribution is 5.97. The lowest BCUT2D eigenvalue weighted by atomic mass is 10.1. The Balaban J connectivity index is 1.96. The molecule has 0 saturated heterocycles. The van der Waals surface area contributed by atoms with Crippen LogP contribution in [0.5, 0.6) is 5.75 Å². The highest BCUT2D eigenvalue weighted by Gasteiger charge is 2.28. The van der Waals surface area contributed by atoms with Gasteiger partial charge in [0.2, 0.25) is 0 Å². The molecule has 1 atom stereocenters. The highest BCUT2D eigenvalue weighted by atomic mass is 16.5. The predicted octanol–water partition coefficient (Wildman–Crippen LogP) is 4.06. The van der Waals surface area contributed by atoms with Gasteiger partial charge in [0.1, 0.15) is 11.9 Å². The van der Waals surface area contributed by atoms with Gasteiger partial charge in [-0.25, -0.2) is 0 Å². The maximum atomic E-state index is 12.8. The molecule has 1 aliphatic heterocycles. The van der Waals surface area contributed by atoms with E-state index in [4.69, 9.17) is 4.74 Å². The number of hydrogen-bond donors (Lipinski definition) is 0. The average Bonchev–Trinajstić information content (AvgIpc) is 2.71. The van der Waals surface area contributed by atoms with Crippen LogP contribution in [0.1, 0.15) is 41.8 Å². The number of carbonyl (C=O) groups is 1. The minimum absolute atomic E-state index is 0.0717. The van der Waals surface area contributed by atoms with Crippen LogP contribution in [-0.4, -0.2) is 23.9 Å². The number of para-hydroxylation sites is 1. The molecule has 0 spiro atoms. The van der Waals surface area contributed by atoms with Crippen LogP contribution in [0.2, 0.25) is 0 Å². The maximum Gasteiger partial charge on any atom is 0.257 e. The molecule has 1 amide bonds. The predicted molar refractivity (Wildman–Crippen MR) is 87.1 cm³/mol. The lowest BCUT2D eigenvalue weighted by molar-refractivity contribution is 0.0708. The Bertz CT molecular complexity index is 639. The second-order valence-corrected chi connectivity index (χ2v) is 5.62. The second-order valence-electron chi connectivity index (χ2n) is 5.62. The molecule has 2 aromatic carbocycles. The molecule has 114 valence electrons. The highest BCUT2D eigenvalue weighted by Crippen LogP contribution is 2.31. The lowest BCUT2D eigenvalue weighted by Gasteiger charge is -2.24. The minimum Gasteiger partial charge on any atom is -0.483 e. The van der Waals surface area contributed by atoms with Gasteiger partial charge in [-0.3, -0.25) is 4.79 Å². The Kier molecular flexibility index (Phi) is 4.42. The monoisotopic (exact) mass is 295 g/mol. The molecule has 0 fully saturated rings. The summed E-state index contributed by atoms with van der Waals surface area (Å²) in [6, 6.07) is 17.7. The minimum atomic E-state index is -0.120. The average molecular weight is 295 g/mol. The molecule has 3 heteroatoms. The van der Waals surface area contributed by atoms with E-state index in [9.17, 15) is 4.79 Å². The summed E-state index contributed by atoms with van der Waals surface area (Å²) in [4.78, 5) is 14.7. The summed E-state index contributed by atoms with van der Waals surface area (Å²) in [6.45, 7) is 3.51. The third-order valence-electron chi connectivity index (χ3n) is 4.01. The van der Waals surface area contributed by atoms with Crippen LogP contribution in [0, 0.1) is 0 Å². The first-order valence-corrected chi connectivity index (χ1v) is 7.89. The van der Waals surface area contributed by atoms with E-state index in [0.29, 0.717) is 17.9 Å². The second kappa shape index (κ2) is 6.65. The van der Waals surface area contributed by atoms with Crippen LogP contribution in [0.15, 0.2) is 54.6 Å². The molecule has 0 radical (unpaired) electrons. The number of unbranched alkanes of at least 4 members (excludes halogenated alkanes) is 1. The van der Waals surface area contributed by atoms with Gasteiger partial charge in [-0.1, -0.05) is 55.8 Å². The largest absolute Gasteiger partial charge is 0.483 e. The van der Waals surface area contributed by atoms with Gasteiger partial charge in [0.25, 0.3) is 5.91 Å². The van der Waals surface area contributed by atoms with Crippen molar-refractivity contribution in [2.45, 2.75) is 25.9 Å². The van der Waals surface area contributed by atoms with Crippen molar-refractivity contribution in [2.75, 3.05) is 13.1 Å². The zero-order chi connectivity index (χ0) is 15.4. The lowest BCUT2D eigenvalue weighted by Crippen LogP contribution is -2.34. The molecule has 0 saturated carbocycles. The van der Waals surface area contributed by atoms with E-state index in [2.05, 4.69) is 19.1 Å². The Morgan fingerprint density at radius 2 is 1.82 bits per heavy atom. The van der Waals surface area contributed by atoms with Crippen LogP contribution >= 0.6 is 0 Å². The van der Waals surface area contributed by atoms with Gasteiger partial charge in [-0.2, -0.15) is 0 Å². The van der Waals surface area contributed by atoms with E-state index in [0.717, 1.165) is 24.9 Å². The molecular formula is C19H21NO2. The van der Waals surface area contributed by atoms with Crippen molar-refractivity contribution < 1.29 is 9.53 Å². The van der Waals surface area contributed by atoms with Crippen LogP contribution in [-0.2, 0) is 0 Å². The molecule has 3 rings (SSSR count). The summed E-state index contributed by atoms with van der Waals surface area (Å²) >= 11 is 0. The van der Waals surface area contributed by atoms with Crippen LogP contribution in [0.3, 0.4) is 0 Å². The number of amides is 1. The summed E-state index contributed by atoms with van der Waals surface area (Å²) in [5.41, 5.74) is 1.77. The number of hydrogen-bond acceptors (Lipinski definition) is 2. The van der Waals surface area contributed by atoms with E-state index in [1.54, 1.807) is 0 Å². The number of ether oxygens (including phenoxy) is 1. The molecule has 0 aliphatic carbocycles. The number of nitrogens with zero attached hydrogens (tertiary/aromatic N) is 1. The zero-order valence-electron chi connectivity index (χ0n) is 12.9. The molecule has 1 unspecified atom stereocenters. The van der Waals surface area contributed by atoms with E-state index in [1.165, 1.54) is 0 Å². The Morgan fingerprint density at radius 1 is 1.09 bits per heavy atom. The molecule has 1 aliphatic rings. The number of fused-ring (bicyclic) bond motifs is 1. The van der Waals surface area contributed by atoms with E-state index in [1.807, 2.05) is 47.4 Å². The van der Waals surface area contributed by atoms with Crippen molar-refractivity contribution in [1.82, 2.24) is 4.90 Å². The molecule has 0 aromatic heterocycles. The Labute approximate surface area is 131 Å². The molecule has 22 heavy (non-hydrogen) atoms. The quantitative estimate of drug-likeness (QED) is 0.851. The number of rotatable bonds is 4. The SMILES string of the molecule is CCCCN1CC(c2ccccc2)Oc2ccccc2C1=O. The van der Waals surface area contributed by atoms with E-state index >= 15 is 0 Å². The van der Waals surface area contributed by atoms with Crippen molar-refractivity contribution in [3.63, 3.8) is 0 Å². The number of benzene rings is 2. The van der Waals surface area contributed by atoms with Gasteiger partial charge in [0, 0.05) is 6.54 Å². The normalized spacial score (nSPS) is 17.6. The topological polar surface area (TPSA) is 29.5 Å². The van der Waals surface area contributed by atoms with Crippen LogP contribution in [0.25, 0.3) is 0 Å². The fourth-order valence-electron chi connectivity index (χ4n) is 2.77. The van der Waals surface area contributed by atoms with Crippen molar-refractivity contribution >= 4 is 5.91 Å². The molecule has 1 heterocycles. The summed E-state index contributed by atoms with van der Waals surface area (Å²) < 4.78 is 6.16. The fourth-order valence-corrected chi connectivity index (χ4v) is 2.77. The van der Waals surface area contributed by atoms with Crippen molar-refractivity contribution in [1.29, 1.82) is 0 Å². The Morgan fingerprint density at radius 3 is 2.59 bits per heavy atom. The van der Waals surface area contributed by atoms with Gasteiger partial charge < -0.3 is 9.64 Å². The number of carbonyl (C=O) groups excluding carboxylic acids is 1. The maximum absolute atomic E-state index is 12.8. The third kappa shape index (κ3) is 2.98. The Hall–Kier alpha value is -2.29. The molecule has 0 N–H and O–H groups in total. The van der Waals surface area contributed by atoms with Gasteiger partial charge in [0.15, 0.2) is 0 Å². The van der Waals surface area contributed by atoms with Gasteiger partial charge in [0.05, 0.1) is 12.1 Å². The summed E-state index contributed by atoms with van der Waals surface area (Å²) in [5, 5.41) is 0. The third-order valence-corrected chi connectivity index (χ3v) is 4.01. The van der Waals surface area contributed by atoms with E-state index < -0.39 is 0 Å². The summed E-state index contributed by atoms with van der Waals surface area (Å²) in [5.74, 6) is 0.753. The van der Waals surface area contributed by atoms with Crippen molar-refractivity contribution in [3.05, 3.63) is 65.7 Å². The van der Waals surface area contributed by atoms with Gasteiger partial charge in [-0.15, -0.1) is 0 Å². The summed E-state index contributed by atoms with van der Waals surface area (Å²) in [7, 11) is 0. The van der Waals surface area contributed by atoms with Crippen LogP contribution in [0.4, 0.5) is 0 Å². The van der Waals surface area contributed by atoms with Gasteiger partial charge in [-0.05, 0) is 24.1 Å². The first-order valence-electron chi connectivity index (χ1n) is 7.89.